The normalized spacial score (nSPS) is 39.8. The zero-order valence-corrected chi connectivity index (χ0v) is 25.1. The van der Waals surface area contributed by atoms with Crippen LogP contribution in [-0.2, 0) is 9.59 Å². The van der Waals surface area contributed by atoms with E-state index in [0.717, 1.165) is 32.4 Å². The van der Waals surface area contributed by atoms with Gasteiger partial charge in [0.25, 0.3) is 0 Å². The molecule has 0 bridgehead atoms. The van der Waals surface area contributed by atoms with Gasteiger partial charge in [0.05, 0.1) is 30.1 Å². The van der Waals surface area contributed by atoms with Crippen molar-refractivity contribution in [2.45, 2.75) is 83.1 Å². The lowest BCUT2D eigenvalue weighted by molar-refractivity contribution is -0.139. The minimum absolute atomic E-state index is 0.0329. The first-order valence-electron chi connectivity index (χ1n) is 15.8. The Morgan fingerprint density at radius 2 is 1.71 bits per heavy atom. The Morgan fingerprint density at radius 3 is 2.29 bits per heavy atom. The summed E-state index contributed by atoms with van der Waals surface area (Å²) in [6.07, 6.45) is 0.0727. The van der Waals surface area contributed by atoms with Gasteiger partial charge in [0, 0.05) is 64.9 Å². The SMILES string of the molecule is CCN1CC(F)CC2(C)CC2(CC)CC1C(C(=O)NC1CNCC(F)C1N1CCN(C(=O)C2CNC2)CC1)C(N)N. The van der Waals surface area contributed by atoms with Crippen LogP contribution in [0.1, 0.15) is 46.5 Å². The van der Waals surface area contributed by atoms with Gasteiger partial charge in [-0.15, -0.1) is 0 Å². The highest BCUT2D eigenvalue weighted by Gasteiger charge is 2.65. The second kappa shape index (κ2) is 12.3. The maximum Gasteiger partial charge on any atom is 0.228 e. The van der Waals surface area contributed by atoms with Crippen molar-refractivity contribution in [2.75, 3.05) is 65.4 Å². The first-order valence-corrected chi connectivity index (χ1v) is 15.8. The van der Waals surface area contributed by atoms with Crippen LogP contribution in [0, 0.1) is 22.7 Å². The lowest BCUT2D eigenvalue weighted by Crippen LogP contribution is -2.69. The van der Waals surface area contributed by atoms with E-state index in [1.807, 2.05) is 11.8 Å². The molecule has 5 aliphatic rings. The van der Waals surface area contributed by atoms with Gasteiger partial charge in [-0.25, -0.2) is 8.78 Å². The molecule has 0 spiro atoms. The topological polar surface area (TPSA) is 132 Å². The average molecular weight is 583 g/mol. The number of rotatable bonds is 8. The Labute approximate surface area is 243 Å². The largest absolute Gasteiger partial charge is 0.350 e. The molecule has 4 saturated heterocycles. The van der Waals surface area contributed by atoms with Crippen LogP contribution in [0.3, 0.4) is 0 Å². The van der Waals surface area contributed by atoms with E-state index in [1.54, 1.807) is 0 Å². The van der Waals surface area contributed by atoms with Crippen molar-refractivity contribution in [1.29, 1.82) is 0 Å². The molecule has 0 aromatic carbocycles. The van der Waals surface area contributed by atoms with E-state index in [9.17, 15) is 9.59 Å². The molecule has 10 nitrogen and oxygen atoms in total. The average Bonchev–Trinajstić information content (AvgIpc) is 3.46. The van der Waals surface area contributed by atoms with Crippen molar-refractivity contribution in [3.8, 4) is 0 Å². The lowest BCUT2D eigenvalue weighted by Gasteiger charge is -2.47. The third-order valence-corrected chi connectivity index (χ3v) is 11.3. The predicted molar refractivity (Wildman–Crippen MR) is 154 cm³/mol. The van der Waals surface area contributed by atoms with Crippen LogP contribution in [0.5, 0.6) is 0 Å². The standard InChI is InChI=1S/C29H52F2N8O2/c1-4-29-11-22(37(5-2)16-19(30)10-28(29,3)17-29)23(25(32)33)26(40)36-21-15-35-14-20(31)24(21)38-6-8-39(9-7-38)27(41)18-12-34-13-18/h18-25,34-35H,4-17,32-33H2,1-3H3,(H,36,40). The molecule has 1 aliphatic carbocycles. The van der Waals surface area contributed by atoms with Crippen molar-refractivity contribution in [3.05, 3.63) is 0 Å². The Bertz CT molecular complexity index is 948. The first-order chi connectivity index (χ1) is 19.5. The summed E-state index contributed by atoms with van der Waals surface area (Å²) in [6.45, 7) is 11.5. The Balaban J connectivity index is 1.30. The van der Waals surface area contributed by atoms with E-state index in [-0.39, 0.29) is 47.7 Å². The number of hydrogen-bond donors (Lipinski definition) is 5. The van der Waals surface area contributed by atoms with Crippen LogP contribution in [0.4, 0.5) is 8.78 Å². The molecule has 0 radical (unpaired) electrons. The fourth-order valence-electron chi connectivity index (χ4n) is 8.53. The van der Waals surface area contributed by atoms with Crippen molar-refractivity contribution < 1.29 is 18.4 Å². The van der Waals surface area contributed by atoms with Gasteiger partial charge in [-0.05, 0) is 43.1 Å². The highest BCUT2D eigenvalue weighted by atomic mass is 19.1. The molecule has 5 rings (SSSR count). The monoisotopic (exact) mass is 582 g/mol. The smallest absolute Gasteiger partial charge is 0.228 e. The van der Waals surface area contributed by atoms with Gasteiger partial charge in [0.15, 0.2) is 0 Å². The highest BCUT2D eigenvalue weighted by Crippen LogP contribution is 2.71. The number of likely N-dealkylation sites (tertiary alicyclic amines) is 1. The molecule has 4 aliphatic heterocycles. The molecule has 234 valence electrons. The summed E-state index contributed by atoms with van der Waals surface area (Å²) in [6, 6.07) is -1.29. The summed E-state index contributed by atoms with van der Waals surface area (Å²) in [7, 11) is 0. The van der Waals surface area contributed by atoms with Gasteiger partial charge in [0.2, 0.25) is 11.8 Å². The summed E-state index contributed by atoms with van der Waals surface area (Å²) in [4.78, 5) is 32.8. The summed E-state index contributed by atoms with van der Waals surface area (Å²) >= 11 is 0. The minimum Gasteiger partial charge on any atom is -0.350 e. The number of piperazine rings is 1. The summed E-state index contributed by atoms with van der Waals surface area (Å²) < 4.78 is 30.8. The molecule has 4 heterocycles. The second-order valence-electron chi connectivity index (χ2n) is 13.6. The van der Waals surface area contributed by atoms with Crippen LogP contribution in [0.2, 0.25) is 0 Å². The molecule has 0 aromatic heterocycles. The molecule has 2 amide bonds. The van der Waals surface area contributed by atoms with E-state index >= 15 is 8.78 Å². The van der Waals surface area contributed by atoms with E-state index in [1.165, 1.54) is 0 Å². The molecular formula is C29H52F2N8O2. The number of carbonyl (C=O) groups excluding carboxylic acids is 2. The number of amides is 2. The van der Waals surface area contributed by atoms with Crippen molar-refractivity contribution in [2.24, 2.45) is 34.1 Å². The minimum atomic E-state index is -1.17. The van der Waals surface area contributed by atoms with E-state index in [2.05, 4.69) is 39.6 Å². The lowest BCUT2D eigenvalue weighted by atomic mass is 9.77. The summed E-state index contributed by atoms with van der Waals surface area (Å²) in [5, 5.41) is 9.43. The molecule has 41 heavy (non-hydrogen) atoms. The van der Waals surface area contributed by atoms with Crippen molar-refractivity contribution >= 4 is 11.8 Å². The van der Waals surface area contributed by atoms with E-state index in [0.29, 0.717) is 45.7 Å². The second-order valence-corrected chi connectivity index (χ2v) is 13.6. The highest BCUT2D eigenvalue weighted by molar-refractivity contribution is 5.81. The van der Waals surface area contributed by atoms with E-state index in [4.69, 9.17) is 11.5 Å². The third kappa shape index (κ3) is 6.02. The van der Waals surface area contributed by atoms with Gasteiger partial charge < -0.3 is 32.3 Å². The zero-order chi connectivity index (χ0) is 29.5. The van der Waals surface area contributed by atoms with Gasteiger partial charge in [-0.3, -0.25) is 19.4 Å². The third-order valence-electron chi connectivity index (χ3n) is 11.3. The van der Waals surface area contributed by atoms with Gasteiger partial charge in [0.1, 0.15) is 12.3 Å². The molecule has 1 saturated carbocycles. The summed E-state index contributed by atoms with van der Waals surface area (Å²) in [5.41, 5.74) is 12.6. The van der Waals surface area contributed by atoms with Crippen molar-refractivity contribution in [1.82, 2.24) is 30.7 Å². The van der Waals surface area contributed by atoms with Crippen LogP contribution in [-0.4, -0.2) is 129 Å². The quantitative estimate of drug-likeness (QED) is 0.245. The predicted octanol–water partition coefficient (Wildman–Crippen LogP) is -0.367. The van der Waals surface area contributed by atoms with Crippen LogP contribution in [0.25, 0.3) is 0 Å². The Morgan fingerprint density at radius 1 is 1.02 bits per heavy atom. The van der Waals surface area contributed by atoms with Crippen LogP contribution in [0.15, 0.2) is 0 Å². The summed E-state index contributed by atoms with van der Waals surface area (Å²) in [5.74, 6) is -0.824. The number of nitrogens with zero attached hydrogens (tertiary/aromatic N) is 3. The number of alkyl halides is 2. The molecular weight excluding hydrogens is 530 g/mol. The van der Waals surface area contributed by atoms with Crippen LogP contribution < -0.4 is 27.4 Å². The maximum absolute atomic E-state index is 15.5. The molecule has 5 fully saturated rings. The number of hydrogen-bond acceptors (Lipinski definition) is 8. The Hall–Kier alpha value is -1.44. The van der Waals surface area contributed by atoms with Gasteiger partial charge in [-0.2, -0.15) is 0 Å². The number of carbonyl (C=O) groups is 2. The molecule has 0 aromatic rings. The fraction of sp³-hybridized carbons (Fsp3) is 0.931. The van der Waals surface area contributed by atoms with Gasteiger partial charge in [-0.1, -0.05) is 20.8 Å². The van der Waals surface area contributed by atoms with E-state index < -0.39 is 36.5 Å². The zero-order valence-electron chi connectivity index (χ0n) is 25.1. The van der Waals surface area contributed by atoms with Gasteiger partial charge >= 0.3 is 0 Å². The number of nitrogens with one attached hydrogen (secondary N) is 3. The van der Waals surface area contributed by atoms with Crippen LogP contribution >= 0.6 is 0 Å². The fourth-order valence-corrected chi connectivity index (χ4v) is 8.53. The first kappa shape index (κ1) is 31.0. The molecule has 7 N–H and O–H groups in total. The number of piperidine rings is 1. The number of fused-ring (bicyclic) bond motifs is 1. The number of halogens is 2. The maximum atomic E-state index is 15.5. The molecule has 12 heteroatoms. The van der Waals surface area contributed by atoms with Crippen molar-refractivity contribution in [3.63, 3.8) is 0 Å². The number of nitrogens with two attached hydrogens (primary N) is 2. The molecule has 8 atom stereocenters. The Kier molecular flexibility index (Phi) is 9.28. The molecule has 8 unspecified atom stereocenters.